The van der Waals surface area contributed by atoms with Gasteiger partial charge in [0.05, 0.1) is 0 Å². The summed E-state index contributed by atoms with van der Waals surface area (Å²) in [5, 5.41) is 11.4. The maximum Gasteiger partial charge on any atom is 0.404 e. The van der Waals surface area contributed by atoms with E-state index >= 15 is 0 Å². The molecule has 2 rings (SSSR count). The van der Waals surface area contributed by atoms with Crippen LogP contribution >= 0.6 is 0 Å². The molecule has 0 radical (unpaired) electrons. The van der Waals surface area contributed by atoms with E-state index < -0.39 is 6.09 Å². The molecule has 2 aliphatic rings. The molecule has 3 nitrogen and oxygen atoms in total. The van der Waals surface area contributed by atoms with Crippen molar-refractivity contribution >= 4 is 6.09 Å². The van der Waals surface area contributed by atoms with Crippen LogP contribution in [0.1, 0.15) is 32.6 Å². The molecule has 0 aliphatic heterocycles. The van der Waals surface area contributed by atoms with Gasteiger partial charge in [-0.2, -0.15) is 0 Å². The molecule has 0 aromatic heterocycles. The van der Waals surface area contributed by atoms with Gasteiger partial charge in [-0.15, -0.1) is 0 Å². The minimum Gasteiger partial charge on any atom is -0.465 e. The van der Waals surface area contributed by atoms with Crippen LogP contribution < -0.4 is 5.32 Å². The molecular weight excluding hydrogens is 166 g/mol. The lowest BCUT2D eigenvalue weighted by molar-refractivity contribution is 0.171. The topological polar surface area (TPSA) is 49.3 Å². The van der Waals surface area contributed by atoms with Gasteiger partial charge in [0, 0.05) is 6.04 Å². The predicted octanol–water partition coefficient (Wildman–Crippen LogP) is 2.08. The Morgan fingerprint density at radius 2 is 2.15 bits per heavy atom. The molecule has 0 saturated heterocycles. The van der Waals surface area contributed by atoms with E-state index in [0.717, 1.165) is 12.3 Å². The van der Waals surface area contributed by atoms with Crippen molar-refractivity contribution in [1.82, 2.24) is 5.32 Å². The summed E-state index contributed by atoms with van der Waals surface area (Å²) in [5.41, 5.74) is 0. The fraction of sp³-hybridized carbons (Fsp3) is 0.900. The fourth-order valence-corrected chi connectivity index (χ4v) is 3.37. The second-order valence-electron chi connectivity index (χ2n) is 4.38. The molecule has 0 aromatic rings. The summed E-state index contributed by atoms with van der Waals surface area (Å²) in [7, 11) is 0. The SMILES string of the molecule is CC[C@H]1[C@@H]2CC[C@@H](C2)[C@@H]1NC(=O)O. The smallest absolute Gasteiger partial charge is 0.404 e. The van der Waals surface area contributed by atoms with Crippen LogP contribution in [0.2, 0.25) is 0 Å². The zero-order valence-corrected chi connectivity index (χ0v) is 7.99. The third-order valence-corrected chi connectivity index (χ3v) is 3.85. The van der Waals surface area contributed by atoms with Gasteiger partial charge in [-0.25, -0.2) is 4.79 Å². The number of carboxylic acid groups (broad SMARTS) is 1. The van der Waals surface area contributed by atoms with Gasteiger partial charge in [-0.3, -0.25) is 0 Å². The standard InChI is InChI=1S/C10H17NO2/c1-2-8-6-3-4-7(5-6)9(8)11-10(12)13/h6-9,11H,2-5H2,1H3,(H,12,13)/t6-,7+,8+,9+/m1/s1. The van der Waals surface area contributed by atoms with Gasteiger partial charge in [0.25, 0.3) is 0 Å². The Morgan fingerprint density at radius 1 is 1.46 bits per heavy atom. The van der Waals surface area contributed by atoms with Crippen molar-refractivity contribution in [2.45, 2.75) is 38.6 Å². The van der Waals surface area contributed by atoms with Gasteiger partial charge in [0.1, 0.15) is 0 Å². The number of hydrogen-bond acceptors (Lipinski definition) is 1. The molecule has 2 bridgehead atoms. The van der Waals surface area contributed by atoms with Gasteiger partial charge >= 0.3 is 6.09 Å². The summed E-state index contributed by atoms with van der Waals surface area (Å²) < 4.78 is 0. The highest BCUT2D eigenvalue weighted by atomic mass is 16.4. The first-order chi connectivity index (χ1) is 6.22. The van der Waals surface area contributed by atoms with Gasteiger partial charge < -0.3 is 10.4 Å². The number of hydrogen-bond donors (Lipinski definition) is 2. The lowest BCUT2D eigenvalue weighted by atomic mass is 9.83. The first kappa shape index (κ1) is 8.85. The monoisotopic (exact) mass is 183 g/mol. The number of carbonyl (C=O) groups is 1. The highest BCUT2D eigenvalue weighted by Gasteiger charge is 2.46. The maximum absolute atomic E-state index is 10.6. The van der Waals surface area contributed by atoms with Crippen LogP contribution in [0.4, 0.5) is 4.79 Å². The van der Waals surface area contributed by atoms with Gasteiger partial charge in [-0.1, -0.05) is 13.3 Å². The summed E-state index contributed by atoms with van der Waals surface area (Å²) >= 11 is 0. The first-order valence-corrected chi connectivity index (χ1v) is 5.21. The van der Waals surface area contributed by atoms with Crippen molar-refractivity contribution in [3.05, 3.63) is 0 Å². The molecule has 2 fully saturated rings. The minimum absolute atomic E-state index is 0.251. The summed E-state index contributed by atoms with van der Waals surface area (Å²) in [6.07, 6.45) is 4.07. The van der Waals surface area contributed by atoms with Crippen molar-refractivity contribution in [2.75, 3.05) is 0 Å². The molecular formula is C10H17NO2. The van der Waals surface area contributed by atoms with Crippen LogP contribution in [0.3, 0.4) is 0 Å². The van der Waals surface area contributed by atoms with Gasteiger partial charge in [-0.05, 0) is 37.0 Å². The van der Waals surface area contributed by atoms with E-state index in [1.54, 1.807) is 0 Å². The molecule has 0 unspecified atom stereocenters. The van der Waals surface area contributed by atoms with E-state index in [0.29, 0.717) is 11.8 Å². The Labute approximate surface area is 78.5 Å². The van der Waals surface area contributed by atoms with Crippen molar-refractivity contribution in [2.24, 2.45) is 17.8 Å². The van der Waals surface area contributed by atoms with Gasteiger partial charge in [0.15, 0.2) is 0 Å². The lowest BCUT2D eigenvalue weighted by Crippen LogP contribution is -2.43. The Kier molecular flexibility index (Phi) is 2.18. The molecule has 0 heterocycles. The van der Waals surface area contributed by atoms with Crippen LogP contribution in [0.25, 0.3) is 0 Å². The van der Waals surface area contributed by atoms with E-state index in [9.17, 15) is 4.79 Å². The van der Waals surface area contributed by atoms with E-state index in [2.05, 4.69) is 12.2 Å². The highest BCUT2D eigenvalue weighted by Crippen LogP contribution is 2.49. The molecule has 1 amide bonds. The normalized spacial score (nSPS) is 42.2. The quantitative estimate of drug-likeness (QED) is 0.688. The second kappa shape index (κ2) is 3.20. The van der Waals surface area contributed by atoms with Crippen LogP contribution in [0.5, 0.6) is 0 Å². The lowest BCUT2D eigenvalue weighted by Gasteiger charge is -2.29. The maximum atomic E-state index is 10.6. The van der Waals surface area contributed by atoms with Crippen molar-refractivity contribution in [1.29, 1.82) is 0 Å². The Bertz CT molecular complexity index is 217. The van der Waals surface area contributed by atoms with E-state index in [1.165, 1.54) is 19.3 Å². The number of amides is 1. The van der Waals surface area contributed by atoms with Crippen LogP contribution in [0, 0.1) is 17.8 Å². The molecule has 0 spiro atoms. The van der Waals surface area contributed by atoms with Crippen LogP contribution in [-0.4, -0.2) is 17.2 Å². The molecule has 74 valence electrons. The number of nitrogens with one attached hydrogen (secondary N) is 1. The van der Waals surface area contributed by atoms with Crippen molar-refractivity contribution < 1.29 is 9.90 Å². The molecule has 0 aromatic carbocycles. The third kappa shape index (κ3) is 1.40. The summed E-state index contributed by atoms with van der Waals surface area (Å²) in [6.45, 7) is 2.17. The minimum atomic E-state index is -0.851. The second-order valence-corrected chi connectivity index (χ2v) is 4.38. The first-order valence-electron chi connectivity index (χ1n) is 5.21. The van der Waals surface area contributed by atoms with Gasteiger partial charge in [0.2, 0.25) is 0 Å². The average Bonchev–Trinajstić information content (AvgIpc) is 2.62. The molecule has 2 aliphatic carbocycles. The summed E-state index contributed by atoms with van der Waals surface area (Å²) in [4.78, 5) is 10.6. The molecule has 3 heteroatoms. The summed E-state index contributed by atoms with van der Waals surface area (Å²) in [5.74, 6) is 2.03. The van der Waals surface area contributed by atoms with Crippen molar-refractivity contribution in [3.63, 3.8) is 0 Å². The molecule has 2 saturated carbocycles. The zero-order valence-electron chi connectivity index (χ0n) is 7.99. The zero-order chi connectivity index (χ0) is 9.42. The van der Waals surface area contributed by atoms with E-state index in [-0.39, 0.29) is 6.04 Å². The molecule has 2 N–H and O–H groups in total. The molecule has 13 heavy (non-hydrogen) atoms. The average molecular weight is 183 g/mol. The van der Waals surface area contributed by atoms with E-state index in [4.69, 9.17) is 5.11 Å². The molecule has 4 atom stereocenters. The van der Waals surface area contributed by atoms with Crippen LogP contribution in [-0.2, 0) is 0 Å². The predicted molar refractivity (Wildman–Crippen MR) is 49.6 cm³/mol. The van der Waals surface area contributed by atoms with Crippen LogP contribution in [0.15, 0.2) is 0 Å². The Morgan fingerprint density at radius 3 is 2.77 bits per heavy atom. The van der Waals surface area contributed by atoms with Crippen molar-refractivity contribution in [3.8, 4) is 0 Å². The highest BCUT2D eigenvalue weighted by molar-refractivity contribution is 5.65. The number of rotatable bonds is 2. The Hall–Kier alpha value is -0.730. The fourth-order valence-electron chi connectivity index (χ4n) is 3.37. The summed E-state index contributed by atoms with van der Waals surface area (Å²) in [6, 6.07) is 0.251. The largest absolute Gasteiger partial charge is 0.465 e. The Balaban J connectivity index is 2.04. The van der Waals surface area contributed by atoms with E-state index in [1.807, 2.05) is 0 Å². The third-order valence-electron chi connectivity index (χ3n) is 3.85. The number of fused-ring (bicyclic) bond motifs is 2.